The molecular formula is C19H28F2IN7. The zero-order valence-electron chi connectivity index (χ0n) is 17.2. The summed E-state index contributed by atoms with van der Waals surface area (Å²) in [5, 5.41) is 3.37. The van der Waals surface area contributed by atoms with Gasteiger partial charge >= 0.3 is 0 Å². The monoisotopic (exact) mass is 519 g/mol. The van der Waals surface area contributed by atoms with Gasteiger partial charge in [0, 0.05) is 60.4 Å². The summed E-state index contributed by atoms with van der Waals surface area (Å²) in [4.78, 5) is 14.7. The van der Waals surface area contributed by atoms with Crippen molar-refractivity contribution in [1.82, 2.24) is 19.8 Å². The second-order valence-electron chi connectivity index (χ2n) is 6.97. The smallest absolute Gasteiger partial charge is 0.204 e. The maximum absolute atomic E-state index is 14.0. The molecule has 0 unspecified atom stereocenters. The molecule has 1 aromatic heterocycles. The van der Waals surface area contributed by atoms with Gasteiger partial charge in [0.15, 0.2) is 5.96 Å². The summed E-state index contributed by atoms with van der Waals surface area (Å²) in [6, 6.07) is 3.57. The second-order valence-corrected chi connectivity index (χ2v) is 6.97. The van der Waals surface area contributed by atoms with Crippen LogP contribution >= 0.6 is 24.0 Å². The molecule has 0 amide bonds. The third-order valence-electron chi connectivity index (χ3n) is 4.93. The van der Waals surface area contributed by atoms with Crippen molar-refractivity contribution in [1.29, 1.82) is 0 Å². The van der Waals surface area contributed by atoms with Crippen molar-refractivity contribution in [3.63, 3.8) is 0 Å². The van der Waals surface area contributed by atoms with E-state index in [2.05, 4.69) is 20.2 Å². The number of hydrogen-bond acceptors (Lipinski definition) is 4. The van der Waals surface area contributed by atoms with Gasteiger partial charge in [-0.25, -0.2) is 13.8 Å². The number of imidazole rings is 1. The van der Waals surface area contributed by atoms with Crippen LogP contribution in [0.25, 0.3) is 0 Å². The number of benzene rings is 1. The summed E-state index contributed by atoms with van der Waals surface area (Å²) >= 11 is 0. The molecule has 1 aliphatic heterocycles. The summed E-state index contributed by atoms with van der Waals surface area (Å²) in [5.74, 6) is 0.847. The Morgan fingerprint density at radius 3 is 2.48 bits per heavy atom. The van der Waals surface area contributed by atoms with Gasteiger partial charge in [0.05, 0.1) is 24.1 Å². The maximum atomic E-state index is 14.0. The fourth-order valence-electron chi connectivity index (χ4n) is 3.40. The first kappa shape index (κ1) is 23.2. The fraction of sp³-hybridized carbons (Fsp3) is 0.474. The van der Waals surface area contributed by atoms with Crippen LogP contribution in [0, 0.1) is 11.6 Å². The largest absolute Gasteiger partial charge is 0.366 e. The average molecular weight is 519 g/mol. The summed E-state index contributed by atoms with van der Waals surface area (Å²) in [6.45, 7) is 3.13. The van der Waals surface area contributed by atoms with Crippen molar-refractivity contribution in [3.8, 4) is 0 Å². The maximum Gasteiger partial charge on any atom is 0.204 e. The number of aromatic nitrogens is 2. The minimum absolute atomic E-state index is 0. The Kier molecular flexibility index (Phi) is 8.05. The van der Waals surface area contributed by atoms with Crippen LogP contribution in [0.2, 0.25) is 0 Å². The molecule has 10 heteroatoms. The van der Waals surface area contributed by atoms with E-state index in [1.807, 2.05) is 41.7 Å². The summed E-state index contributed by atoms with van der Waals surface area (Å²) in [6.07, 6.45) is 1.85. The highest BCUT2D eigenvalue weighted by atomic mass is 127. The van der Waals surface area contributed by atoms with E-state index in [4.69, 9.17) is 0 Å². The zero-order chi connectivity index (χ0) is 20.3. The highest BCUT2D eigenvalue weighted by Gasteiger charge is 2.22. The summed E-state index contributed by atoms with van der Waals surface area (Å²) in [7, 11) is 7.64. The van der Waals surface area contributed by atoms with Gasteiger partial charge in [0.25, 0.3) is 0 Å². The molecule has 2 aromatic rings. The van der Waals surface area contributed by atoms with Gasteiger partial charge < -0.3 is 24.6 Å². The van der Waals surface area contributed by atoms with Gasteiger partial charge in [-0.05, 0) is 12.1 Å². The third kappa shape index (κ3) is 5.28. The average Bonchev–Trinajstić information content (AvgIpc) is 3.05. The Morgan fingerprint density at radius 2 is 1.90 bits per heavy atom. The molecule has 1 fully saturated rings. The van der Waals surface area contributed by atoms with Crippen LogP contribution in [0.3, 0.4) is 0 Å². The van der Waals surface area contributed by atoms with Gasteiger partial charge in [-0.3, -0.25) is 4.99 Å². The van der Waals surface area contributed by atoms with E-state index in [0.29, 0.717) is 38.4 Å². The second kappa shape index (κ2) is 10.1. The number of rotatable bonds is 4. The number of anilines is 2. The number of aliphatic imine (C=N–C) groups is 1. The Morgan fingerprint density at radius 1 is 1.21 bits per heavy atom. The molecule has 1 N–H and O–H groups in total. The highest BCUT2D eigenvalue weighted by Crippen LogP contribution is 2.22. The number of guanidine groups is 1. The number of nitrogens with one attached hydrogen (secondary N) is 1. The lowest BCUT2D eigenvalue weighted by molar-refractivity contribution is 0.370. The lowest BCUT2D eigenvalue weighted by Gasteiger charge is -2.37. The molecule has 0 bridgehead atoms. The quantitative estimate of drug-likeness (QED) is 0.382. The number of piperazine rings is 1. The topological polar surface area (TPSA) is 51.9 Å². The molecular weight excluding hydrogens is 491 g/mol. The Bertz CT molecular complexity index is 845. The minimum Gasteiger partial charge on any atom is -0.366 e. The molecule has 0 atom stereocenters. The molecule has 160 valence electrons. The normalized spacial score (nSPS) is 14.6. The Balaban J connectivity index is 0.00000300. The molecule has 29 heavy (non-hydrogen) atoms. The van der Waals surface area contributed by atoms with Gasteiger partial charge in [0.1, 0.15) is 11.6 Å². The first-order valence-electron chi connectivity index (χ1n) is 9.24. The predicted octanol–water partition coefficient (Wildman–Crippen LogP) is 2.28. The van der Waals surface area contributed by atoms with E-state index < -0.39 is 11.6 Å². The molecule has 1 saturated heterocycles. The molecule has 1 aliphatic rings. The van der Waals surface area contributed by atoms with Crippen molar-refractivity contribution < 1.29 is 8.78 Å². The SMILES string of the molecule is CN=C(NCc1cnc(N(C)C)n1C)N1CCN(c2cc(F)ccc2F)CC1.I. The number of hydrogen-bond donors (Lipinski definition) is 1. The van der Waals surface area contributed by atoms with Gasteiger partial charge in [-0.15, -0.1) is 24.0 Å². The van der Waals surface area contributed by atoms with Crippen molar-refractivity contribution in [2.75, 3.05) is 57.1 Å². The molecule has 7 nitrogen and oxygen atoms in total. The molecule has 0 radical (unpaired) electrons. The van der Waals surface area contributed by atoms with Crippen LogP contribution in [0.4, 0.5) is 20.4 Å². The van der Waals surface area contributed by atoms with Crippen molar-refractivity contribution >= 4 is 41.6 Å². The van der Waals surface area contributed by atoms with Crippen molar-refractivity contribution in [2.24, 2.45) is 12.0 Å². The highest BCUT2D eigenvalue weighted by molar-refractivity contribution is 14.0. The number of halogens is 3. The lowest BCUT2D eigenvalue weighted by Crippen LogP contribution is -2.52. The molecule has 0 aliphatic carbocycles. The molecule has 0 saturated carbocycles. The van der Waals surface area contributed by atoms with Crippen LogP contribution in [-0.4, -0.2) is 67.7 Å². The lowest BCUT2D eigenvalue weighted by atomic mass is 10.2. The van der Waals surface area contributed by atoms with Crippen LogP contribution in [0.1, 0.15) is 5.69 Å². The van der Waals surface area contributed by atoms with Crippen LogP contribution < -0.4 is 15.1 Å². The van der Waals surface area contributed by atoms with Crippen molar-refractivity contribution in [3.05, 3.63) is 41.7 Å². The van der Waals surface area contributed by atoms with E-state index in [9.17, 15) is 8.78 Å². The van der Waals surface area contributed by atoms with Gasteiger partial charge in [-0.2, -0.15) is 0 Å². The van der Waals surface area contributed by atoms with Crippen molar-refractivity contribution in [2.45, 2.75) is 6.54 Å². The summed E-state index contributed by atoms with van der Waals surface area (Å²) < 4.78 is 29.5. The van der Waals surface area contributed by atoms with Crippen LogP contribution in [-0.2, 0) is 13.6 Å². The minimum atomic E-state index is -0.426. The van der Waals surface area contributed by atoms with E-state index >= 15 is 0 Å². The van der Waals surface area contributed by atoms with Gasteiger partial charge in [-0.1, -0.05) is 0 Å². The van der Waals surface area contributed by atoms with Crippen LogP contribution in [0.15, 0.2) is 29.4 Å². The standard InChI is InChI=1S/C19H27F2N7.HI/c1-22-18(23-12-15-13-24-19(25(2)3)26(15)4)28-9-7-27(8-10-28)17-11-14(20)5-6-16(17)21;/h5-6,11,13H,7-10,12H2,1-4H3,(H,22,23);1H. The predicted molar refractivity (Wildman–Crippen MR) is 123 cm³/mol. The molecule has 1 aromatic carbocycles. The summed E-state index contributed by atoms with van der Waals surface area (Å²) in [5.41, 5.74) is 1.36. The first-order chi connectivity index (χ1) is 13.4. The third-order valence-corrected chi connectivity index (χ3v) is 4.93. The Labute approximate surface area is 187 Å². The van der Waals surface area contributed by atoms with E-state index in [1.165, 1.54) is 12.1 Å². The van der Waals surface area contributed by atoms with E-state index in [-0.39, 0.29) is 24.0 Å². The molecule has 3 rings (SSSR count). The van der Waals surface area contributed by atoms with Crippen LogP contribution in [0.5, 0.6) is 0 Å². The first-order valence-corrected chi connectivity index (χ1v) is 9.24. The van der Waals surface area contributed by atoms with E-state index in [1.54, 1.807) is 7.05 Å². The van der Waals surface area contributed by atoms with E-state index in [0.717, 1.165) is 23.7 Å². The molecule has 0 spiro atoms. The zero-order valence-corrected chi connectivity index (χ0v) is 19.5. The van der Waals surface area contributed by atoms with Gasteiger partial charge in [0.2, 0.25) is 5.95 Å². The Hall–Kier alpha value is -2.11. The molecule has 2 heterocycles. The number of nitrogens with zero attached hydrogens (tertiary/aromatic N) is 6. The fourth-order valence-corrected chi connectivity index (χ4v) is 3.40.